The number of rotatable bonds is 4. The first-order chi connectivity index (χ1) is 25.2. The zero-order chi connectivity index (χ0) is 33.5. The molecule has 0 radical (unpaired) electrons. The lowest BCUT2D eigenvalue weighted by Gasteiger charge is -2.20. The predicted molar refractivity (Wildman–Crippen MR) is 202 cm³/mol. The Bertz CT molecular complexity index is 2920. The van der Waals surface area contributed by atoms with Crippen LogP contribution in [0.3, 0.4) is 0 Å². The molecule has 1 atom stereocenters. The summed E-state index contributed by atoms with van der Waals surface area (Å²) in [5.74, 6) is 3.80. The van der Waals surface area contributed by atoms with Crippen LogP contribution in [-0.4, -0.2) is 19.5 Å². The molecular formula is C45H28N4O2. The third kappa shape index (κ3) is 4.40. The summed E-state index contributed by atoms with van der Waals surface area (Å²) in [6.45, 7) is 0. The minimum atomic E-state index is -0.0360. The molecule has 0 saturated carbocycles. The zero-order valence-electron chi connectivity index (χ0n) is 27.3. The Morgan fingerprint density at radius 1 is 0.569 bits per heavy atom. The Kier molecular flexibility index (Phi) is 5.98. The topological polar surface area (TPSA) is 66.0 Å². The number of para-hydroxylation sites is 3. The van der Waals surface area contributed by atoms with E-state index in [1.54, 1.807) is 0 Å². The van der Waals surface area contributed by atoms with E-state index >= 15 is 0 Å². The number of hydrogen-bond acceptors (Lipinski definition) is 5. The van der Waals surface area contributed by atoms with E-state index in [9.17, 15) is 0 Å². The van der Waals surface area contributed by atoms with E-state index in [0.717, 1.165) is 84.3 Å². The van der Waals surface area contributed by atoms with Gasteiger partial charge in [0, 0.05) is 38.4 Å². The van der Waals surface area contributed by atoms with Gasteiger partial charge in [-0.2, -0.15) is 0 Å². The number of hydrogen-bond donors (Lipinski definition) is 0. The van der Waals surface area contributed by atoms with E-state index in [0.29, 0.717) is 11.6 Å². The molecule has 1 aliphatic carbocycles. The van der Waals surface area contributed by atoms with Gasteiger partial charge in [-0.1, -0.05) is 103 Å². The van der Waals surface area contributed by atoms with E-state index in [2.05, 4.69) is 77.4 Å². The first kappa shape index (κ1) is 28.1. The third-order valence-electron chi connectivity index (χ3n) is 10.1. The maximum atomic E-state index is 6.39. The van der Waals surface area contributed by atoms with Crippen molar-refractivity contribution >= 4 is 44.9 Å². The average molecular weight is 657 g/mol. The third-order valence-corrected chi connectivity index (χ3v) is 10.1. The summed E-state index contributed by atoms with van der Waals surface area (Å²) in [6.07, 6.45) is 5.19. The van der Waals surface area contributed by atoms with Crippen molar-refractivity contribution in [2.24, 2.45) is 0 Å². The van der Waals surface area contributed by atoms with Gasteiger partial charge in [-0.15, -0.1) is 0 Å². The molecule has 0 fully saturated rings. The highest BCUT2D eigenvalue weighted by Gasteiger charge is 2.24. The van der Waals surface area contributed by atoms with Crippen LogP contribution >= 0.6 is 0 Å². The highest BCUT2D eigenvalue weighted by Crippen LogP contribution is 2.45. The van der Waals surface area contributed by atoms with E-state index in [4.69, 9.17) is 24.1 Å². The minimum absolute atomic E-state index is 0.0360. The summed E-state index contributed by atoms with van der Waals surface area (Å²) in [6, 6.07) is 48.0. The quantitative estimate of drug-likeness (QED) is 0.189. The van der Waals surface area contributed by atoms with Gasteiger partial charge in [0.05, 0.1) is 16.7 Å². The standard InChI is InChI=1S/C45H28N4O2/c1-3-10-27(11-4-1)43-46-44(28-12-5-2-6-13-28)48-45(47-43)31-20-23-39-35(26-31)34-25-30(19-22-38(34)50-39)29-18-21-36-33(24-29)32-14-9-17-41-42(32)49(36)37-15-7-8-16-40(37)51-41/h1-19,21-26,31H,20H2. The molecule has 0 N–H and O–H groups in total. The second-order valence-electron chi connectivity index (χ2n) is 13.2. The summed E-state index contributed by atoms with van der Waals surface area (Å²) in [5.41, 5.74) is 9.28. The molecule has 6 heteroatoms. The van der Waals surface area contributed by atoms with E-state index in [-0.39, 0.29) is 5.92 Å². The zero-order valence-corrected chi connectivity index (χ0v) is 27.3. The molecule has 3 aromatic heterocycles. The molecule has 0 amide bonds. The van der Waals surface area contributed by atoms with Gasteiger partial charge in [-0.25, -0.2) is 15.0 Å². The van der Waals surface area contributed by atoms with Crippen LogP contribution in [0.4, 0.5) is 0 Å². The largest absolute Gasteiger partial charge is 0.456 e. The van der Waals surface area contributed by atoms with Crippen LogP contribution in [0.15, 0.2) is 144 Å². The van der Waals surface area contributed by atoms with Crippen LogP contribution in [0.2, 0.25) is 0 Å². The average Bonchev–Trinajstić information content (AvgIpc) is 3.74. The Morgan fingerprint density at radius 3 is 2.04 bits per heavy atom. The molecule has 9 aromatic rings. The molecule has 1 aliphatic heterocycles. The molecule has 2 aliphatic rings. The number of aromatic nitrogens is 4. The fourth-order valence-corrected chi connectivity index (χ4v) is 7.71. The van der Waals surface area contributed by atoms with Gasteiger partial charge >= 0.3 is 0 Å². The number of nitrogens with zero attached hydrogens (tertiary/aromatic N) is 4. The first-order valence-corrected chi connectivity index (χ1v) is 17.2. The Morgan fingerprint density at radius 2 is 1.25 bits per heavy atom. The van der Waals surface area contributed by atoms with E-state index < -0.39 is 0 Å². The number of ether oxygens (including phenoxy) is 1. The van der Waals surface area contributed by atoms with Crippen molar-refractivity contribution in [3.63, 3.8) is 0 Å². The first-order valence-electron chi connectivity index (χ1n) is 17.2. The van der Waals surface area contributed by atoms with Gasteiger partial charge in [0.25, 0.3) is 0 Å². The molecule has 6 aromatic carbocycles. The highest BCUT2D eigenvalue weighted by atomic mass is 16.5. The van der Waals surface area contributed by atoms with Crippen LogP contribution < -0.4 is 15.4 Å². The molecule has 0 bridgehead atoms. The van der Waals surface area contributed by atoms with Crippen LogP contribution in [-0.2, 0) is 0 Å². The molecule has 240 valence electrons. The van der Waals surface area contributed by atoms with Gasteiger partial charge in [0.2, 0.25) is 0 Å². The van der Waals surface area contributed by atoms with Crippen LogP contribution in [0.1, 0.15) is 18.2 Å². The number of furan rings is 1. The Labute approximate surface area is 292 Å². The van der Waals surface area contributed by atoms with Gasteiger partial charge in [0.1, 0.15) is 16.8 Å². The molecule has 4 heterocycles. The molecule has 0 saturated heterocycles. The van der Waals surface area contributed by atoms with Crippen molar-refractivity contribution in [3.8, 4) is 51.1 Å². The number of fused-ring (bicyclic) bond motifs is 8. The van der Waals surface area contributed by atoms with Crippen LogP contribution in [0, 0.1) is 0 Å². The molecule has 51 heavy (non-hydrogen) atoms. The lowest BCUT2D eigenvalue weighted by Crippen LogP contribution is -2.25. The lowest BCUT2D eigenvalue weighted by atomic mass is 9.96. The SMILES string of the molecule is C1=c2oc3ccc(-c4ccc5c(c4)c4cccc6c4n5-c4ccccc4O6)cc3c2=CC(c2nc(-c3ccccc3)nc(-c3ccccc3)n2)C1. The van der Waals surface area contributed by atoms with E-state index in [1.807, 2.05) is 78.9 Å². The van der Waals surface area contributed by atoms with Crippen molar-refractivity contribution in [1.82, 2.24) is 19.5 Å². The summed E-state index contributed by atoms with van der Waals surface area (Å²) in [4.78, 5) is 14.9. The van der Waals surface area contributed by atoms with Gasteiger partial charge in [-0.05, 0) is 66.1 Å². The second kappa shape index (κ2) is 10.9. The maximum absolute atomic E-state index is 6.39. The van der Waals surface area contributed by atoms with Crippen molar-refractivity contribution in [2.75, 3.05) is 0 Å². The van der Waals surface area contributed by atoms with Crippen molar-refractivity contribution in [2.45, 2.75) is 12.3 Å². The molecule has 0 spiro atoms. The van der Waals surface area contributed by atoms with Gasteiger partial charge < -0.3 is 13.7 Å². The number of benzene rings is 6. The fraction of sp³-hybridized carbons (Fsp3) is 0.0444. The van der Waals surface area contributed by atoms with Gasteiger partial charge in [0.15, 0.2) is 23.1 Å². The summed E-state index contributed by atoms with van der Waals surface area (Å²) < 4.78 is 15.1. The Hall–Kier alpha value is -6.79. The summed E-state index contributed by atoms with van der Waals surface area (Å²) in [7, 11) is 0. The molecule has 11 rings (SSSR count). The van der Waals surface area contributed by atoms with Crippen LogP contribution in [0.5, 0.6) is 11.5 Å². The normalized spacial score (nSPS) is 14.5. The second-order valence-corrected chi connectivity index (χ2v) is 13.2. The molecule has 1 unspecified atom stereocenters. The van der Waals surface area contributed by atoms with Crippen molar-refractivity contribution in [3.05, 3.63) is 156 Å². The highest BCUT2D eigenvalue weighted by molar-refractivity contribution is 6.13. The lowest BCUT2D eigenvalue weighted by molar-refractivity contribution is 0.476. The monoisotopic (exact) mass is 656 g/mol. The van der Waals surface area contributed by atoms with Gasteiger partial charge in [-0.3, -0.25) is 0 Å². The molecule has 6 nitrogen and oxygen atoms in total. The summed E-state index contributed by atoms with van der Waals surface area (Å²) in [5, 5.41) is 4.52. The van der Waals surface area contributed by atoms with Crippen molar-refractivity contribution in [1.29, 1.82) is 0 Å². The predicted octanol–water partition coefficient (Wildman–Crippen LogP) is 9.57. The van der Waals surface area contributed by atoms with Crippen molar-refractivity contribution < 1.29 is 9.15 Å². The minimum Gasteiger partial charge on any atom is -0.456 e. The summed E-state index contributed by atoms with van der Waals surface area (Å²) >= 11 is 0. The fourth-order valence-electron chi connectivity index (χ4n) is 7.71. The molecular weight excluding hydrogens is 629 g/mol. The Balaban J connectivity index is 1.04. The van der Waals surface area contributed by atoms with Crippen LogP contribution in [0.25, 0.3) is 84.5 Å². The maximum Gasteiger partial charge on any atom is 0.163 e. The smallest absolute Gasteiger partial charge is 0.163 e. The van der Waals surface area contributed by atoms with E-state index in [1.165, 1.54) is 10.8 Å².